The second-order valence-electron chi connectivity index (χ2n) is 38.6. The van der Waals surface area contributed by atoms with Crippen LogP contribution in [0.15, 0.2) is 37.2 Å². The highest BCUT2D eigenvalue weighted by Gasteiger charge is 2.11. The molecule has 0 saturated carbocycles. The summed E-state index contributed by atoms with van der Waals surface area (Å²) in [5, 5.41) is 50.3. The van der Waals surface area contributed by atoms with Gasteiger partial charge in [0.15, 0.2) is 0 Å². The summed E-state index contributed by atoms with van der Waals surface area (Å²) >= 11 is 0. The first-order valence-electron chi connectivity index (χ1n) is 47.3. The lowest BCUT2D eigenvalue weighted by atomic mass is 10.0. The quantitative estimate of drug-likeness (QED) is 0.0330. The number of nitrogens with zero attached hydrogens (tertiary/aromatic N) is 18. The van der Waals surface area contributed by atoms with E-state index in [4.69, 9.17) is 0 Å². The van der Waals surface area contributed by atoms with Crippen LogP contribution in [0.3, 0.4) is 0 Å². The Morgan fingerprint density at radius 1 is 0.204 bits per heavy atom. The first-order valence-corrected chi connectivity index (χ1v) is 47.3. The predicted molar refractivity (Wildman–Crippen MR) is 482 cm³/mol. The molecule has 0 spiro atoms. The van der Waals surface area contributed by atoms with E-state index in [0.717, 1.165) is 166 Å². The fourth-order valence-corrected chi connectivity index (χ4v) is 13.3. The molecule has 113 heavy (non-hydrogen) atoms. The minimum absolute atomic E-state index is 0.636. The Hall–Kier alpha value is -5.16. The molecular weight excluding hydrogens is 1390 g/mol. The third-order valence-electron chi connectivity index (χ3n) is 20.7. The summed E-state index contributed by atoms with van der Waals surface area (Å²) < 4.78 is 12.2. The van der Waals surface area contributed by atoms with Crippen LogP contribution >= 0.6 is 0 Å². The molecule has 0 amide bonds. The van der Waals surface area contributed by atoms with E-state index in [0.29, 0.717) is 5.92 Å². The van der Waals surface area contributed by atoms with Crippen molar-refractivity contribution in [2.24, 2.45) is 71.0 Å². The highest BCUT2D eigenvalue weighted by Crippen LogP contribution is 2.19. The third-order valence-corrected chi connectivity index (χ3v) is 20.7. The summed E-state index contributed by atoms with van der Waals surface area (Å²) in [5.41, 5.74) is 7.22. The highest BCUT2D eigenvalue weighted by molar-refractivity contribution is 4.97. The topological polar surface area (TPSA) is 184 Å². The van der Waals surface area contributed by atoms with Gasteiger partial charge in [0.25, 0.3) is 0 Å². The van der Waals surface area contributed by atoms with Crippen LogP contribution in [0.4, 0.5) is 0 Å². The molecule has 0 aliphatic carbocycles. The van der Waals surface area contributed by atoms with E-state index in [-0.39, 0.29) is 0 Å². The van der Waals surface area contributed by atoms with Crippen molar-refractivity contribution in [2.45, 2.75) is 469 Å². The average molecular weight is 1580 g/mol. The smallest absolute Gasteiger partial charge is 0.0827 e. The second kappa shape index (κ2) is 68.9. The summed E-state index contributed by atoms with van der Waals surface area (Å²) in [6.07, 6.45) is 64.6. The Balaban J connectivity index is 0.000000678. The first-order chi connectivity index (χ1) is 54.0. The van der Waals surface area contributed by atoms with Crippen LogP contribution in [0.2, 0.25) is 0 Å². The summed E-state index contributed by atoms with van der Waals surface area (Å²) in [7, 11) is 0. The maximum atomic E-state index is 4.26. The molecule has 18 nitrogen and oxygen atoms in total. The van der Waals surface area contributed by atoms with Crippen LogP contribution in [-0.2, 0) is 77.8 Å². The van der Waals surface area contributed by atoms with Crippen molar-refractivity contribution >= 4 is 0 Å². The normalized spacial score (nSPS) is 11.7. The summed E-state index contributed by atoms with van der Waals surface area (Å²) in [4.78, 5) is 0. The zero-order chi connectivity index (χ0) is 83.8. The zero-order valence-corrected chi connectivity index (χ0v) is 78.7. The molecule has 654 valence electrons. The van der Waals surface area contributed by atoms with Gasteiger partial charge < -0.3 is 0 Å². The molecular formula is C95H184N18. The van der Waals surface area contributed by atoms with Crippen LogP contribution in [0, 0.1) is 71.0 Å². The van der Waals surface area contributed by atoms with E-state index >= 15 is 0 Å². The Morgan fingerprint density at radius 2 is 0.434 bits per heavy atom. The number of rotatable bonds is 59. The molecule has 0 atom stereocenters. The Bertz CT molecular complexity index is 2790. The van der Waals surface area contributed by atoms with Gasteiger partial charge in [-0.3, -0.25) is 18.7 Å². The Kier molecular flexibility index (Phi) is 64.5. The largest absolute Gasteiger partial charge is 0.252 e. The van der Waals surface area contributed by atoms with Crippen molar-refractivity contribution in [3.63, 3.8) is 0 Å². The zero-order valence-electron chi connectivity index (χ0n) is 78.7. The molecule has 0 unspecified atom stereocenters. The van der Waals surface area contributed by atoms with Crippen LogP contribution in [0.25, 0.3) is 0 Å². The lowest BCUT2D eigenvalue weighted by Gasteiger charge is -2.08. The number of unbranched alkanes of at least 4 members (excludes halogenated alkanes) is 16. The molecule has 0 radical (unpaired) electrons. The molecule has 0 bridgehead atoms. The minimum atomic E-state index is 0.636. The maximum Gasteiger partial charge on any atom is 0.0827 e. The average Bonchev–Trinajstić information content (AvgIpc) is 1.77. The Morgan fingerprint density at radius 3 is 0.743 bits per heavy atom. The van der Waals surface area contributed by atoms with E-state index in [1.165, 1.54) is 236 Å². The van der Waals surface area contributed by atoms with Gasteiger partial charge in [-0.1, -0.05) is 352 Å². The highest BCUT2D eigenvalue weighted by atomic mass is 15.4. The van der Waals surface area contributed by atoms with Crippen LogP contribution < -0.4 is 0 Å². The van der Waals surface area contributed by atoms with Gasteiger partial charge in [0, 0.05) is 64.1 Å². The van der Waals surface area contributed by atoms with E-state index in [1.54, 1.807) is 0 Å². The fourth-order valence-electron chi connectivity index (χ4n) is 13.3. The number of aryl methyl sites for hydroxylation is 11. The van der Waals surface area contributed by atoms with Gasteiger partial charge >= 0.3 is 0 Å². The molecule has 6 aromatic heterocycles. The van der Waals surface area contributed by atoms with Crippen molar-refractivity contribution in [3.05, 3.63) is 71.3 Å². The van der Waals surface area contributed by atoms with Gasteiger partial charge in [-0.05, 0) is 180 Å². The van der Waals surface area contributed by atoms with E-state index in [9.17, 15) is 0 Å². The number of hydrogen-bond donors (Lipinski definition) is 0. The molecule has 0 fully saturated rings. The van der Waals surface area contributed by atoms with Crippen LogP contribution in [0.1, 0.15) is 425 Å². The maximum absolute atomic E-state index is 4.26. The molecule has 0 aromatic carbocycles. The lowest BCUT2D eigenvalue weighted by molar-refractivity contribution is 0.453. The molecule has 6 rings (SSSR count). The molecule has 18 heteroatoms. The van der Waals surface area contributed by atoms with Gasteiger partial charge in [-0.2, -0.15) is 0 Å². The van der Waals surface area contributed by atoms with E-state index in [2.05, 4.69) is 262 Å². The minimum Gasteiger partial charge on any atom is -0.252 e. The number of aromatic nitrogens is 18. The Labute approximate surface area is 697 Å². The summed E-state index contributed by atoms with van der Waals surface area (Å²) in [6, 6.07) is 0. The monoisotopic (exact) mass is 1580 g/mol. The molecule has 6 heterocycles. The van der Waals surface area contributed by atoms with Crippen LogP contribution in [0.5, 0.6) is 0 Å². The van der Waals surface area contributed by atoms with Gasteiger partial charge in [0.05, 0.1) is 46.6 Å². The van der Waals surface area contributed by atoms with Crippen molar-refractivity contribution in [1.29, 1.82) is 0 Å². The van der Waals surface area contributed by atoms with Crippen molar-refractivity contribution in [2.75, 3.05) is 0 Å². The van der Waals surface area contributed by atoms with Gasteiger partial charge in [-0.25, -0.2) is 9.36 Å². The van der Waals surface area contributed by atoms with E-state index < -0.39 is 0 Å². The van der Waals surface area contributed by atoms with Crippen molar-refractivity contribution < 1.29 is 0 Å². The van der Waals surface area contributed by atoms with Crippen molar-refractivity contribution in [1.82, 2.24) is 90.0 Å². The third kappa shape index (κ3) is 65.6. The summed E-state index contributed by atoms with van der Waals surface area (Å²) in [5.74, 6) is 9.49. The van der Waals surface area contributed by atoms with Gasteiger partial charge in [0.1, 0.15) is 0 Å². The SMILES string of the molecule is CC(C)CCCCCCCc1cnnn1CCC(C)C.CC(C)CCCCCCn1cc(CCC(C)C)nn1.CC(C)CCCCCCn1cc(CCC(C)C)nn1.CC(C)CCCCCc1cnnn1CC(C)C.CC(C)CCCCc1cn(CCCCC(C)C)nn1.CC(C)CCCCc1cn(CCCCC(C)C)nn1. The molecule has 0 saturated heterocycles. The van der Waals surface area contributed by atoms with Crippen molar-refractivity contribution in [3.8, 4) is 0 Å². The standard InChI is InChI=1S/C17H33N3.4C16H31N3.C14H27N3/c1-15(2)10-8-6-5-7-9-11-17-14-18-19-20(17)13-12-16(3)4;2*1-14(2)9-5-6-11-16-13-19(18-17-16)12-8-7-10-15(3)4;2*1-14(2)9-7-5-6-8-12-19-13-16(17-18-19)11-10-15(3)4;1-12(2)8-6-5-7-9-14-10-15-16-17(14)11-13(3)4/h14-16H,5-13H2,1-4H3;4*13-15H,5-12H2,1-4H3;10,12-13H,5-9,11H2,1-4H3. The first kappa shape index (κ1) is 106. The van der Waals surface area contributed by atoms with Gasteiger partial charge in [0.2, 0.25) is 0 Å². The van der Waals surface area contributed by atoms with E-state index in [1.807, 2.05) is 31.1 Å². The van der Waals surface area contributed by atoms with Crippen LogP contribution in [-0.4, -0.2) is 90.0 Å². The van der Waals surface area contributed by atoms with Gasteiger partial charge in [-0.15, -0.1) is 30.6 Å². The fraction of sp³-hybridized carbons (Fsp3) is 0.874. The molecule has 0 aliphatic heterocycles. The second-order valence-corrected chi connectivity index (χ2v) is 38.6. The number of hydrogen-bond acceptors (Lipinski definition) is 12. The molecule has 6 aromatic rings. The molecule has 0 N–H and O–H groups in total. The molecule has 0 aliphatic rings. The summed E-state index contributed by atoms with van der Waals surface area (Å²) in [6.45, 7) is 60.7. The predicted octanol–water partition coefficient (Wildman–Crippen LogP) is 26.4. The lowest BCUT2D eigenvalue weighted by Crippen LogP contribution is -2.09.